The minimum atomic E-state index is 0.560. The minimum absolute atomic E-state index is 0.560. The van der Waals surface area contributed by atoms with E-state index in [2.05, 4.69) is 43.1 Å². The lowest BCUT2D eigenvalue weighted by molar-refractivity contribution is 0.111. The van der Waals surface area contributed by atoms with Crippen LogP contribution in [0.25, 0.3) is 11.3 Å². The Labute approximate surface area is 114 Å². The zero-order valence-corrected chi connectivity index (χ0v) is 12.0. The number of hydrogen-bond acceptors (Lipinski definition) is 2. The summed E-state index contributed by atoms with van der Waals surface area (Å²) in [6.07, 6.45) is 2.00. The Morgan fingerprint density at radius 3 is 2.47 bits per heavy atom. The lowest BCUT2D eigenvalue weighted by Gasteiger charge is -2.09. The summed E-state index contributed by atoms with van der Waals surface area (Å²) in [6, 6.07) is 8.36. The molecule has 1 aromatic carbocycles. The number of carbonyl (C=O) groups excluding carboxylic acids is 1. The smallest absolute Gasteiger partial charge is 0.168 e. The highest BCUT2D eigenvalue weighted by Crippen LogP contribution is 2.25. The highest BCUT2D eigenvalue weighted by Gasteiger charge is 2.13. The van der Waals surface area contributed by atoms with Crippen LogP contribution in [0.2, 0.25) is 0 Å². The first-order valence-corrected chi connectivity index (χ1v) is 6.67. The molecule has 3 heteroatoms. The van der Waals surface area contributed by atoms with E-state index < -0.39 is 0 Å². The molecule has 0 bridgehead atoms. The van der Waals surface area contributed by atoms with Crippen molar-refractivity contribution in [1.29, 1.82) is 0 Å². The van der Waals surface area contributed by atoms with Crippen molar-refractivity contribution in [2.24, 2.45) is 7.05 Å². The molecule has 0 saturated carbocycles. The van der Waals surface area contributed by atoms with Crippen molar-refractivity contribution in [1.82, 2.24) is 9.55 Å². The second kappa shape index (κ2) is 5.39. The fourth-order valence-corrected chi connectivity index (χ4v) is 2.18. The van der Waals surface area contributed by atoms with Gasteiger partial charge in [-0.3, -0.25) is 4.79 Å². The van der Waals surface area contributed by atoms with E-state index in [1.165, 1.54) is 5.56 Å². The molecule has 0 amide bonds. The number of benzene rings is 1. The Morgan fingerprint density at radius 1 is 1.32 bits per heavy atom. The predicted octanol–water partition coefficient (Wildman–Crippen LogP) is 3.72. The molecule has 1 unspecified atom stereocenters. The van der Waals surface area contributed by atoms with E-state index in [1.807, 2.05) is 18.5 Å². The van der Waals surface area contributed by atoms with E-state index in [0.29, 0.717) is 11.6 Å². The van der Waals surface area contributed by atoms with Crippen LogP contribution in [0.3, 0.4) is 0 Å². The van der Waals surface area contributed by atoms with Gasteiger partial charge >= 0.3 is 0 Å². The average Bonchev–Trinajstić information content (AvgIpc) is 2.73. The largest absolute Gasteiger partial charge is 0.329 e. The second-order valence-corrected chi connectivity index (χ2v) is 5.00. The van der Waals surface area contributed by atoms with Crippen molar-refractivity contribution >= 4 is 6.29 Å². The van der Waals surface area contributed by atoms with Gasteiger partial charge in [0.2, 0.25) is 0 Å². The van der Waals surface area contributed by atoms with Crippen LogP contribution in [0, 0.1) is 6.92 Å². The average molecular weight is 256 g/mol. The summed E-state index contributed by atoms with van der Waals surface area (Å²) < 4.78 is 1.82. The van der Waals surface area contributed by atoms with E-state index in [9.17, 15) is 4.79 Å². The van der Waals surface area contributed by atoms with Crippen LogP contribution in [0.5, 0.6) is 0 Å². The molecule has 0 fully saturated rings. The van der Waals surface area contributed by atoms with Gasteiger partial charge < -0.3 is 4.57 Å². The van der Waals surface area contributed by atoms with Gasteiger partial charge in [-0.15, -0.1) is 0 Å². The molecule has 1 atom stereocenters. The van der Waals surface area contributed by atoms with Crippen molar-refractivity contribution in [2.45, 2.75) is 33.1 Å². The molecule has 1 heterocycles. The van der Waals surface area contributed by atoms with E-state index in [0.717, 1.165) is 29.8 Å². The maximum absolute atomic E-state index is 11.2. The molecule has 0 N–H and O–H groups in total. The molecule has 3 nitrogen and oxygen atoms in total. The van der Waals surface area contributed by atoms with Crippen molar-refractivity contribution in [3.63, 3.8) is 0 Å². The molecular formula is C16H20N2O. The van der Waals surface area contributed by atoms with E-state index >= 15 is 0 Å². The first-order valence-electron chi connectivity index (χ1n) is 6.67. The molecule has 19 heavy (non-hydrogen) atoms. The van der Waals surface area contributed by atoms with Gasteiger partial charge in [-0.1, -0.05) is 38.1 Å². The normalized spacial score (nSPS) is 12.4. The second-order valence-electron chi connectivity index (χ2n) is 5.00. The summed E-state index contributed by atoms with van der Waals surface area (Å²) in [5.74, 6) is 1.41. The third kappa shape index (κ3) is 2.46. The summed E-state index contributed by atoms with van der Waals surface area (Å²) in [5, 5.41) is 0. The Morgan fingerprint density at radius 2 is 1.95 bits per heavy atom. The lowest BCUT2D eigenvalue weighted by atomic mass is 9.97. The van der Waals surface area contributed by atoms with Crippen LogP contribution in [-0.2, 0) is 7.05 Å². The molecule has 2 aromatic rings. The molecule has 1 aromatic heterocycles. The number of imidazole rings is 1. The van der Waals surface area contributed by atoms with Crippen LogP contribution in [0.15, 0.2) is 24.3 Å². The molecule has 0 spiro atoms. The summed E-state index contributed by atoms with van der Waals surface area (Å²) in [5.41, 5.74) is 3.73. The standard InChI is InChI=1S/C16H20N2O/c1-5-11(2)13-6-8-14(9-7-13)16-15(10-19)18(4)12(3)17-16/h6-11H,5H2,1-4H3. The van der Waals surface area contributed by atoms with Gasteiger partial charge in [0.15, 0.2) is 6.29 Å². The highest BCUT2D eigenvalue weighted by atomic mass is 16.1. The molecule has 0 aliphatic carbocycles. The van der Waals surface area contributed by atoms with Gasteiger partial charge in [0.05, 0.1) is 5.69 Å². The van der Waals surface area contributed by atoms with Crippen LogP contribution >= 0.6 is 0 Å². The third-order valence-electron chi connectivity index (χ3n) is 3.84. The molecule has 0 aliphatic rings. The van der Waals surface area contributed by atoms with Gasteiger partial charge in [0.1, 0.15) is 11.5 Å². The first kappa shape index (κ1) is 13.5. The monoisotopic (exact) mass is 256 g/mol. The van der Waals surface area contributed by atoms with Crippen LogP contribution in [0.4, 0.5) is 0 Å². The first-order chi connectivity index (χ1) is 9.08. The Bertz CT molecular complexity index is 582. The molecule has 100 valence electrons. The number of aromatic nitrogens is 2. The minimum Gasteiger partial charge on any atom is -0.329 e. The molecule has 0 saturated heterocycles. The molecule has 0 aliphatic heterocycles. The van der Waals surface area contributed by atoms with E-state index in [-0.39, 0.29) is 0 Å². The third-order valence-corrected chi connectivity index (χ3v) is 3.84. The zero-order chi connectivity index (χ0) is 14.0. The SMILES string of the molecule is CCC(C)c1ccc(-c2nc(C)n(C)c2C=O)cc1. The molecular weight excluding hydrogens is 236 g/mol. The summed E-state index contributed by atoms with van der Waals surface area (Å²) >= 11 is 0. The highest BCUT2D eigenvalue weighted by molar-refractivity contribution is 5.84. The van der Waals surface area contributed by atoms with Gasteiger partial charge in [0, 0.05) is 12.6 Å². The van der Waals surface area contributed by atoms with Gasteiger partial charge in [0.25, 0.3) is 0 Å². The predicted molar refractivity (Wildman–Crippen MR) is 77.5 cm³/mol. The Kier molecular flexibility index (Phi) is 3.84. The van der Waals surface area contributed by atoms with Gasteiger partial charge in [-0.05, 0) is 24.8 Å². The van der Waals surface area contributed by atoms with Crippen molar-refractivity contribution in [2.75, 3.05) is 0 Å². The summed E-state index contributed by atoms with van der Waals surface area (Å²) in [4.78, 5) is 15.7. The fraction of sp³-hybridized carbons (Fsp3) is 0.375. The van der Waals surface area contributed by atoms with Crippen molar-refractivity contribution < 1.29 is 4.79 Å². The fourth-order valence-electron chi connectivity index (χ4n) is 2.18. The quantitative estimate of drug-likeness (QED) is 0.781. The van der Waals surface area contributed by atoms with Crippen molar-refractivity contribution in [3.8, 4) is 11.3 Å². The maximum Gasteiger partial charge on any atom is 0.168 e. The number of carbonyl (C=O) groups is 1. The number of rotatable bonds is 4. The summed E-state index contributed by atoms with van der Waals surface area (Å²) in [6.45, 7) is 6.31. The van der Waals surface area contributed by atoms with Crippen molar-refractivity contribution in [3.05, 3.63) is 41.3 Å². The topological polar surface area (TPSA) is 34.9 Å². The van der Waals surface area contributed by atoms with Gasteiger partial charge in [-0.2, -0.15) is 0 Å². The van der Waals surface area contributed by atoms with Crippen LogP contribution in [-0.4, -0.2) is 15.8 Å². The maximum atomic E-state index is 11.2. The van der Waals surface area contributed by atoms with E-state index in [4.69, 9.17) is 0 Å². The summed E-state index contributed by atoms with van der Waals surface area (Å²) in [7, 11) is 1.86. The Hall–Kier alpha value is -1.90. The van der Waals surface area contributed by atoms with E-state index in [1.54, 1.807) is 0 Å². The number of hydrogen-bond donors (Lipinski definition) is 0. The molecule has 2 rings (SSSR count). The number of aryl methyl sites for hydroxylation is 1. The van der Waals surface area contributed by atoms with Gasteiger partial charge in [-0.25, -0.2) is 4.98 Å². The zero-order valence-electron chi connectivity index (χ0n) is 12.0. The van der Waals surface area contributed by atoms with Crippen LogP contribution in [0.1, 0.15) is 48.1 Å². The Balaban J connectivity index is 2.43. The van der Waals surface area contributed by atoms with Crippen LogP contribution < -0.4 is 0 Å². The number of aldehydes is 1. The lowest BCUT2D eigenvalue weighted by Crippen LogP contribution is -1.97. The molecule has 0 radical (unpaired) electrons. The number of nitrogens with zero attached hydrogens (tertiary/aromatic N) is 2.